The van der Waals surface area contributed by atoms with E-state index in [1.165, 1.54) is 5.56 Å². The first-order chi connectivity index (χ1) is 13.7. The molecule has 0 aromatic heterocycles. The summed E-state index contributed by atoms with van der Waals surface area (Å²) in [5.41, 5.74) is 2.47. The van der Waals surface area contributed by atoms with Gasteiger partial charge in [-0.25, -0.2) is 0 Å². The Morgan fingerprint density at radius 2 is 1.79 bits per heavy atom. The Bertz CT molecular complexity index is 722. The van der Waals surface area contributed by atoms with Crippen molar-refractivity contribution in [2.24, 2.45) is 0 Å². The minimum atomic E-state index is 0.688. The normalized spacial score (nSPS) is 10.4. The highest BCUT2D eigenvalue weighted by Gasteiger charge is 2.12. The van der Waals surface area contributed by atoms with Gasteiger partial charge in [0.2, 0.25) is 0 Å². The molecule has 2 aromatic rings. The van der Waals surface area contributed by atoms with Crippen LogP contribution in [0.1, 0.15) is 37.8 Å². The van der Waals surface area contributed by atoms with Crippen LogP contribution >= 0.6 is 12.2 Å². The molecule has 5 heteroatoms. The smallest absolute Gasteiger partial charge is 0.169 e. The van der Waals surface area contributed by atoms with E-state index in [2.05, 4.69) is 54.4 Å². The number of rotatable bonds is 11. The number of benzene rings is 2. The van der Waals surface area contributed by atoms with Gasteiger partial charge < -0.3 is 19.7 Å². The lowest BCUT2D eigenvalue weighted by molar-refractivity contribution is 0.293. The molecule has 0 aliphatic carbocycles. The van der Waals surface area contributed by atoms with Crippen molar-refractivity contribution in [1.29, 1.82) is 0 Å². The fourth-order valence-electron chi connectivity index (χ4n) is 2.95. The van der Waals surface area contributed by atoms with Gasteiger partial charge in [-0.1, -0.05) is 50.2 Å². The SMILES string of the molecule is CCCOc1ccc(CN(CCC)C(=S)NCCc2ccccc2)cc1OC. The zero-order valence-corrected chi connectivity index (χ0v) is 18.1. The van der Waals surface area contributed by atoms with Gasteiger partial charge in [0.05, 0.1) is 13.7 Å². The topological polar surface area (TPSA) is 33.7 Å². The van der Waals surface area contributed by atoms with Crippen LogP contribution in [0.5, 0.6) is 11.5 Å². The lowest BCUT2D eigenvalue weighted by Crippen LogP contribution is -2.40. The van der Waals surface area contributed by atoms with Crippen molar-refractivity contribution in [1.82, 2.24) is 10.2 Å². The summed E-state index contributed by atoms with van der Waals surface area (Å²) in [6.45, 7) is 7.43. The molecule has 28 heavy (non-hydrogen) atoms. The predicted molar refractivity (Wildman–Crippen MR) is 120 cm³/mol. The van der Waals surface area contributed by atoms with Gasteiger partial charge in [-0.15, -0.1) is 0 Å². The van der Waals surface area contributed by atoms with Gasteiger partial charge in [0, 0.05) is 19.6 Å². The summed E-state index contributed by atoms with van der Waals surface area (Å²) < 4.78 is 11.3. The summed E-state index contributed by atoms with van der Waals surface area (Å²) >= 11 is 5.66. The van der Waals surface area contributed by atoms with Crippen LogP contribution in [0.4, 0.5) is 0 Å². The number of methoxy groups -OCH3 is 1. The zero-order valence-electron chi connectivity index (χ0n) is 17.2. The quantitative estimate of drug-likeness (QED) is 0.547. The van der Waals surface area contributed by atoms with Gasteiger partial charge in [0.15, 0.2) is 16.6 Å². The van der Waals surface area contributed by atoms with E-state index in [4.69, 9.17) is 21.7 Å². The molecule has 0 aliphatic heterocycles. The second-order valence-corrected chi connectivity index (χ2v) is 7.11. The average molecular weight is 401 g/mol. The van der Waals surface area contributed by atoms with Crippen molar-refractivity contribution in [2.45, 2.75) is 39.7 Å². The minimum Gasteiger partial charge on any atom is -0.493 e. The third-order valence-corrected chi connectivity index (χ3v) is 4.78. The molecule has 0 saturated carbocycles. The maximum atomic E-state index is 5.75. The molecule has 0 atom stereocenters. The summed E-state index contributed by atoms with van der Waals surface area (Å²) in [5, 5.41) is 4.20. The molecular weight excluding hydrogens is 368 g/mol. The highest BCUT2D eigenvalue weighted by Crippen LogP contribution is 2.28. The van der Waals surface area contributed by atoms with Crippen molar-refractivity contribution in [3.8, 4) is 11.5 Å². The number of nitrogens with zero attached hydrogens (tertiary/aromatic N) is 1. The zero-order chi connectivity index (χ0) is 20.2. The molecule has 0 aliphatic rings. The summed E-state index contributed by atoms with van der Waals surface area (Å²) in [4.78, 5) is 2.21. The average Bonchev–Trinajstić information content (AvgIpc) is 2.73. The summed E-state index contributed by atoms with van der Waals surface area (Å²) in [6.07, 6.45) is 2.96. The number of nitrogens with one attached hydrogen (secondary N) is 1. The molecule has 152 valence electrons. The molecule has 0 fully saturated rings. The van der Waals surface area contributed by atoms with Gasteiger partial charge in [-0.05, 0) is 54.7 Å². The van der Waals surface area contributed by atoms with Crippen LogP contribution in [0.3, 0.4) is 0 Å². The Hall–Kier alpha value is -2.27. The van der Waals surface area contributed by atoms with Crippen molar-refractivity contribution < 1.29 is 9.47 Å². The molecule has 2 rings (SSSR count). The fourth-order valence-corrected chi connectivity index (χ4v) is 3.21. The summed E-state index contributed by atoms with van der Waals surface area (Å²) in [7, 11) is 1.68. The van der Waals surface area contributed by atoms with E-state index < -0.39 is 0 Å². The van der Waals surface area contributed by atoms with Crippen LogP contribution in [0.2, 0.25) is 0 Å². The van der Waals surface area contributed by atoms with Gasteiger partial charge in [-0.2, -0.15) is 0 Å². The molecule has 0 heterocycles. The molecular formula is C23H32N2O2S. The van der Waals surface area contributed by atoms with E-state index in [-0.39, 0.29) is 0 Å². The van der Waals surface area contributed by atoms with E-state index >= 15 is 0 Å². The fraction of sp³-hybridized carbons (Fsp3) is 0.435. The first-order valence-corrected chi connectivity index (χ1v) is 10.4. The maximum absolute atomic E-state index is 5.75. The molecule has 0 unspecified atom stereocenters. The number of ether oxygens (including phenoxy) is 2. The van der Waals surface area contributed by atoms with Crippen LogP contribution in [0.15, 0.2) is 48.5 Å². The molecule has 4 nitrogen and oxygen atoms in total. The van der Waals surface area contributed by atoms with Crippen molar-refractivity contribution >= 4 is 17.3 Å². The van der Waals surface area contributed by atoms with Crippen LogP contribution in [-0.2, 0) is 13.0 Å². The number of hydrogen-bond donors (Lipinski definition) is 1. The van der Waals surface area contributed by atoms with E-state index in [0.29, 0.717) is 6.61 Å². The predicted octanol–water partition coefficient (Wildman–Crippen LogP) is 4.81. The van der Waals surface area contributed by atoms with Crippen LogP contribution in [0.25, 0.3) is 0 Å². The van der Waals surface area contributed by atoms with Crippen molar-refractivity contribution in [3.63, 3.8) is 0 Å². The Morgan fingerprint density at radius 1 is 1.00 bits per heavy atom. The van der Waals surface area contributed by atoms with Crippen LogP contribution < -0.4 is 14.8 Å². The highest BCUT2D eigenvalue weighted by atomic mass is 32.1. The highest BCUT2D eigenvalue weighted by molar-refractivity contribution is 7.80. The standard InChI is InChI=1S/C23H32N2O2S/c1-4-15-25(23(28)24-14-13-19-9-7-6-8-10-19)18-20-11-12-21(27-16-5-2)22(17-20)26-3/h6-12,17H,4-5,13-16,18H2,1-3H3,(H,24,28). The molecule has 1 N–H and O–H groups in total. The lowest BCUT2D eigenvalue weighted by Gasteiger charge is -2.26. The van der Waals surface area contributed by atoms with Crippen LogP contribution in [0, 0.1) is 0 Å². The molecule has 0 saturated heterocycles. The Morgan fingerprint density at radius 3 is 2.46 bits per heavy atom. The van der Waals surface area contributed by atoms with Crippen molar-refractivity contribution in [2.75, 3.05) is 26.8 Å². The molecule has 0 bridgehead atoms. The Balaban J connectivity index is 1.96. The van der Waals surface area contributed by atoms with E-state index in [9.17, 15) is 0 Å². The monoisotopic (exact) mass is 400 g/mol. The van der Waals surface area contributed by atoms with E-state index in [1.54, 1.807) is 7.11 Å². The molecule has 0 amide bonds. The molecule has 2 aromatic carbocycles. The maximum Gasteiger partial charge on any atom is 0.169 e. The van der Waals surface area contributed by atoms with Crippen molar-refractivity contribution in [3.05, 3.63) is 59.7 Å². The third kappa shape index (κ3) is 7.04. The van der Waals surface area contributed by atoms with Gasteiger partial charge in [-0.3, -0.25) is 0 Å². The largest absolute Gasteiger partial charge is 0.493 e. The number of thiocarbonyl (C=S) groups is 1. The van der Waals surface area contributed by atoms with Gasteiger partial charge >= 0.3 is 0 Å². The second kappa shape index (κ2) is 12.2. The Labute approximate surface area is 174 Å². The first kappa shape index (κ1) is 22.0. The Kier molecular flexibility index (Phi) is 9.63. The number of hydrogen-bond acceptors (Lipinski definition) is 3. The second-order valence-electron chi connectivity index (χ2n) is 6.72. The third-order valence-electron chi connectivity index (χ3n) is 4.38. The van der Waals surface area contributed by atoms with E-state index in [0.717, 1.165) is 61.1 Å². The van der Waals surface area contributed by atoms with E-state index in [1.807, 2.05) is 18.2 Å². The minimum absolute atomic E-state index is 0.688. The summed E-state index contributed by atoms with van der Waals surface area (Å²) in [6, 6.07) is 16.6. The van der Waals surface area contributed by atoms with Gasteiger partial charge in [0.1, 0.15) is 0 Å². The van der Waals surface area contributed by atoms with Crippen LogP contribution in [-0.4, -0.2) is 36.8 Å². The summed E-state index contributed by atoms with van der Waals surface area (Å²) in [5.74, 6) is 1.56. The lowest BCUT2D eigenvalue weighted by atomic mass is 10.1. The molecule has 0 radical (unpaired) electrons. The van der Waals surface area contributed by atoms with Gasteiger partial charge in [0.25, 0.3) is 0 Å². The molecule has 0 spiro atoms. The first-order valence-electron chi connectivity index (χ1n) is 10.0.